The van der Waals surface area contributed by atoms with E-state index in [0.29, 0.717) is 23.7 Å². The number of hydrogen-bond donors (Lipinski definition) is 1. The first-order chi connectivity index (χ1) is 14.6. The second-order valence-corrected chi connectivity index (χ2v) is 8.63. The van der Waals surface area contributed by atoms with E-state index in [2.05, 4.69) is 5.32 Å². The summed E-state index contributed by atoms with van der Waals surface area (Å²) in [5.74, 6) is 0.190. The highest BCUT2D eigenvalue weighted by molar-refractivity contribution is 6.32. The number of aryl methyl sites for hydroxylation is 3. The summed E-state index contributed by atoms with van der Waals surface area (Å²) in [6.45, 7) is 11.7. The van der Waals surface area contributed by atoms with Crippen molar-refractivity contribution in [2.45, 2.75) is 66.6 Å². The van der Waals surface area contributed by atoms with Gasteiger partial charge in [0.2, 0.25) is 5.91 Å². The molecule has 31 heavy (non-hydrogen) atoms. The Bertz CT molecular complexity index is 886. The van der Waals surface area contributed by atoms with Crippen LogP contribution in [0.4, 0.5) is 0 Å². The van der Waals surface area contributed by atoms with Gasteiger partial charge in [0.05, 0.1) is 0 Å². The second kappa shape index (κ2) is 11.2. The maximum Gasteiger partial charge on any atom is 0.261 e. The highest BCUT2D eigenvalue weighted by Crippen LogP contribution is 2.26. The Morgan fingerprint density at radius 3 is 2.16 bits per heavy atom. The smallest absolute Gasteiger partial charge is 0.261 e. The van der Waals surface area contributed by atoms with E-state index in [4.69, 9.17) is 16.3 Å². The van der Waals surface area contributed by atoms with Crippen molar-refractivity contribution < 1.29 is 14.3 Å². The van der Waals surface area contributed by atoms with Crippen LogP contribution in [0.15, 0.2) is 36.4 Å². The Kier molecular flexibility index (Phi) is 8.93. The van der Waals surface area contributed by atoms with Gasteiger partial charge >= 0.3 is 0 Å². The minimum atomic E-state index is -0.575. The predicted molar refractivity (Wildman–Crippen MR) is 126 cm³/mol. The molecule has 0 aliphatic carbocycles. The van der Waals surface area contributed by atoms with E-state index in [1.54, 1.807) is 4.90 Å². The van der Waals surface area contributed by atoms with Crippen LogP contribution in [0, 0.1) is 20.8 Å². The number of hydrogen-bond acceptors (Lipinski definition) is 3. The van der Waals surface area contributed by atoms with E-state index in [1.165, 1.54) is 0 Å². The third-order valence-electron chi connectivity index (χ3n) is 5.06. The average Bonchev–Trinajstić information content (AvgIpc) is 2.70. The molecule has 0 saturated carbocycles. The predicted octanol–water partition coefficient (Wildman–Crippen LogP) is 4.98. The van der Waals surface area contributed by atoms with Crippen molar-refractivity contribution in [1.29, 1.82) is 0 Å². The van der Waals surface area contributed by atoms with Crippen LogP contribution >= 0.6 is 11.6 Å². The standard InChI is InChI=1S/C25H33ClN2O3/c1-7-22(25(30)27-16(2)3)28(14-20-10-8-17(4)9-11-20)23(29)15-31-21-12-18(5)24(26)19(6)13-21/h8-13,16,22H,7,14-15H2,1-6H3,(H,27,30). The molecule has 2 rings (SSSR count). The summed E-state index contributed by atoms with van der Waals surface area (Å²) in [6.07, 6.45) is 0.509. The Balaban J connectivity index is 2.23. The molecule has 2 amide bonds. The van der Waals surface area contributed by atoms with Crippen LogP contribution in [0.25, 0.3) is 0 Å². The SMILES string of the molecule is CCC(C(=O)NC(C)C)N(Cc1ccc(C)cc1)C(=O)COc1cc(C)c(Cl)c(C)c1. The highest BCUT2D eigenvalue weighted by Gasteiger charge is 2.29. The summed E-state index contributed by atoms with van der Waals surface area (Å²) >= 11 is 6.23. The number of carbonyl (C=O) groups is 2. The maximum atomic E-state index is 13.2. The zero-order chi connectivity index (χ0) is 23.1. The number of rotatable bonds is 9. The van der Waals surface area contributed by atoms with Crippen LogP contribution in [0.1, 0.15) is 49.4 Å². The fourth-order valence-electron chi connectivity index (χ4n) is 3.41. The lowest BCUT2D eigenvalue weighted by Gasteiger charge is -2.31. The Hall–Kier alpha value is -2.53. The van der Waals surface area contributed by atoms with Gasteiger partial charge in [-0.2, -0.15) is 0 Å². The van der Waals surface area contributed by atoms with E-state index in [1.807, 2.05) is 77.9 Å². The van der Waals surface area contributed by atoms with Gasteiger partial charge in [0.25, 0.3) is 5.91 Å². The fraction of sp³-hybridized carbons (Fsp3) is 0.440. The number of halogens is 1. The molecule has 1 atom stereocenters. The molecule has 6 heteroatoms. The van der Waals surface area contributed by atoms with Crippen molar-refractivity contribution in [2.75, 3.05) is 6.61 Å². The summed E-state index contributed by atoms with van der Waals surface area (Å²) in [5.41, 5.74) is 3.89. The number of nitrogens with zero attached hydrogens (tertiary/aromatic N) is 1. The lowest BCUT2D eigenvalue weighted by molar-refractivity contribution is -0.143. The number of ether oxygens (including phenoxy) is 1. The lowest BCUT2D eigenvalue weighted by atomic mass is 10.1. The van der Waals surface area contributed by atoms with Crippen molar-refractivity contribution in [3.05, 3.63) is 63.7 Å². The molecule has 2 aromatic rings. The minimum absolute atomic E-state index is 0.00542. The monoisotopic (exact) mass is 444 g/mol. The van der Waals surface area contributed by atoms with Crippen LogP contribution in [0.3, 0.4) is 0 Å². The van der Waals surface area contributed by atoms with E-state index in [0.717, 1.165) is 22.3 Å². The molecule has 0 spiro atoms. The van der Waals surface area contributed by atoms with E-state index >= 15 is 0 Å². The van der Waals surface area contributed by atoms with Gasteiger partial charge in [0.1, 0.15) is 11.8 Å². The lowest BCUT2D eigenvalue weighted by Crippen LogP contribution is -2.51. The van der Waals surface area contributed by atoms with Crippen molar-refractivity contribution >= 4 is 23.4 Å². The molecule has 5 nitrogen and oxygen atoms in total. The Labute approximate surface area is 190 Å². The van der Waals surface area contributed by atoms with E-state index < -0.39 is 6.04 Å². The van der Waals surface area contributed by atoms with Crippen LogP contribution in [0.2, 0.25) is 5.02 Å². The molecular weight excluding hydrogens is 412 g/mol. The molecule has 1 N–H and O–H groups in total. The van der Waals surface area contributed by atoms with Crippen LogP contribution in [-0.2, 0) is 16.1 Å². The fourth-order valence-corrected chi connectivity index (χ4v) is 3.52. The summed E-state index contributed by atoms with van der Waals surface area (Å²) < 4.78 is 5.80. The van der Waals surface area contributed by atoms with Gasteiger partial charge in [0, 0.05) is 17.6 Å². The maximum absolute atomic E-state index is 13.2. The summed E-state index contributed by atoms with van der Waals surface area (Å²) in [7, 11) is 0. The van der Waals surface area contributed by atoms with Gasteiger partial charge in [-0.3, -0.25) is 9.59 Å². The Morgan fingerprint density at radius 1 is 1.06 bits per heavy atom. The van der Waals surface area contributed by atoms with Crippen molar-refractivity contribution in [3.8, 4) is 5.75 Å². The third kappa shape index (κ3) is 7.00. The highest BCUT2D eigenvalue weighted by atomic mass is 35.5. The van der Waals surface area contributed by atoms with Crippen LogP contribution in [-0.4, -0.2) is 35.4 Å². The summed E-state index contributed by atoms with van der Waals surface area (Å²) in [5, 5.41) is 3.62. The van der Waals surface area contributed by atoms with Gasteiger partial charge in [-0.1, -0.05) is 48.4 Å². The number of nitrogens with one attached hydrogen (secondary N) is 1. The number of benzene rings is 2. The van der Waals surface area contributed by atoms with Crippen molar-refractivity contribution in [3.63, 3.8) is 0 Å². The van der Waals surface area contributed by atoms with Gasteiger partial charge in [0.15, 0.2) is 6.61 Å². The molecule has 1 unspecified atom stereocenters. The zero-order valence-corrected chi connectivity index (χ0v) is 20.0. The summed E-state index contributed by atoms with van der Waals surface area (Å²) in [6, 6.07) is 11.0. The molecule has 0 aliphatic rings. The number of carbonyl (C=O) groups excluding carboxylic acids is 2. The molecule has 0 bridgehead atoms. The van der Waals surface area contributed by atoms with E-state index in [-0.39, 0.29) is 24.5 Å². The normalized spacial score (nSPS) is 11.9. The molecule has 0 aliphatic heterocycles. The van der Waals surface area contributed by atoms with E-state index in [9.17, 15) is 9.59 Å². The largest absolute Gasteiger partial charge is 0.484 e. The first-order valence-corrected chi connectivity index (χ1v) is 11.0. The second-order valence-electron chi connectivity index (χ2n) is 8.25. The molecule has 2 aromatic carbocycles. The first-order valence-electron chi connectivity index (χ1n) is 10.7. The van der Waals surface area contributed by atoms with Crippen LogP contribution < -0.4 is 10.1 Å². The van der Waals surface area contributed by atoms with Gasteiger partial charge in [-0.05, 0) is 69.9 Å². The quantitative estimate of drug-likeness (QED) is 0.593. The molecule has 0 radical (unpaired) electrons. The Morgan fingerprint density at radius 2 is 1.65 bits per heavy atom. The molecular formula is C25H33ClN2O3. The molecule has 168 valence electrons. The molecule has 0 fully saturated rings. The van der Waals surface area contributed by atoms with Gasteiger partial charge in [-0.25, -0.2) is 0 Å². The van der Waals surface area contributed by atoms with Crippen molar-refractivity contribution in [1.82, 2.24) is 10.2 Å². The summed E-state index contributed by atoms with van der Waals surface area (Å²) in [4.78, 5) is 27.6. The first kappa shape index (κ1) is 24.7. The topological polar surface area (TPSA) is 58.6 Å². The molecule has 0 saturated heterocycles. The zero-order valence-electron chi connectivity index (χ0n) is 19.3. The van der Waals surface area contributed by atoms with Crippen molar-refractivity contribution in [2.24, 2.45) is 0 Å². The average molecular weight is 445 g/mol. The minimum Gasteiger partial charge on any atom is -0.484 e. The molecule has 0 heterocycles. The number of amides is 2. The van der Waals surface area contributed by atoms with Gasteiger partial charge < -0.3 is 15.0 Å². The molecule has 0 aromatic heterocycles. The third-order valence-corrected chi connectivity index (χ3v) is 5.66. The van der Waals surface area contributed by atoms with Crippen LogP contribution in [0.5, 0.6) is 5.75 Å². The van der Waals surface area contributed by atoms with Gasteiger partial charge in [-0.15, -0.1) is 0 Å².